The number of carbonyl (C=O) groups excluding carboxylic acids is 2. The highest BCUT2D eigenvalue weighted by molar-refractivity contribution is 7.99. The number of anilines is 1. The van der Waals surface area contributed by atoms with Gasteiger partial charge in [-0.1, -0.05) is 0 Å². The molecule has 7 heteroatoms. The Hall–Kier alpha value is -1.60. The summed E-state index contributed by atoms with van der Waals surface area (Å²) in [5.74, 6) is -0.159. The van der Waals surface area contributed by atoms with Crippen LogP contribution in [0.4, 0.5) is 10.1 Å². The van der Waals surface area contributed by atoms with E-state index in [4.69, 9.17) is 5.73 Å². The van der Waals surface area contributed by atoms with Gasteiger partial charge >= 0.3 is 0 Å². The number of nitrogens with two attached hydrogens (primary N) is 1. The van der Waals surface area contributed by atoms with E-state index in [-0.39, 0.29) is 28.8 Å². The topological polar surface area (TPSA) is 84.2 Å². The lowest BCUT2D eigenvalue weighted by atomic mass is 10.1. The van der Waals surface area contributed by atoms with Crippen molar-refractivity contribution in [2.45, 2.75) is 13.0 Å². The summed E-state index contributed by atoms with van der Waals surface area (Å²) in [6.07, 6.45) is 0. The van der Waals surface area contributed by atoms with E-state index in [1.807, 2.05) is 0 Å². The van der Waals surface area contributed by atoms with Crippen LogP contribution in [0.5, 0.6) is 0 Å². The predicted molar refractivity (Wildman–Crippen MR) is 72.5 cm³/mol. The average Bonchev–Trinajstić information content (AvgIpc) is 2.88. The molecule has 1 aliphatic rings. The lowest BCUT2D eigenvalue weighted by Gasteiger charge is -2.13. The van der Waals surface area contributed by atoms with Crippen molar-refractivity contribution in [1.82, 2.24) is 5.32 Å². The Morgan fingerprint density at radius 2 is 2.26 bits per heavy atom. The zero-order chi connectivity index (χ0) is 14.0. The van der Waals surface area contributed by atoms with E-state index in [0.29, 0.717) is 11.6 Å². The summed E-state index contributed by atoms with van der Waals surface area (Å²) in [6, 6.07) is 2.15. The van der Waals surface area contributed by atoms with Gasteiger partial charge in [-0.25, -0.2) is 4.39 Å². The normalized spacial score (nSPS) is 18.3. The molecule has 5 nitrogen and oxygen atoms in total. The van der Waals surface area contributed by atoms with E-state index in [1.165, 1.54) is 13.0 Å². The zero-order valence-electron chi connectivity index (χ0n) is 10.3. The number of halogens is 1. The maximum atomic E-state index is 13.6. The first-order chi connectivity index (χ1) is 8.99. The minimum Gasteiger partial charge on any atom is -0.366 e. The molecule has 0 aromatic heterocycles. The van der Waals surface area contributed by atoms with Crippen LogP contribution in [0.3, 0.4) is 0 Å². The Balaban J connectivity index is 2.23. The summed E-state index contributed by atoms with van der Waals surface area (Å²) in [4.78, 5) is 23.0. The molecular formula is C12H14FN3O2S. The number of benzene rings is 1. The molecule has 4 N–H and O–H groups in total. The van der Waals surface area contributed by atoms with Crippen molar-refractivity contribution in [1.29, 1.82) is 0 Å². The van der Waals surface area contributed by atoms with E-state index in [0.717, 1.165) is 6.07 Å². The summed E-state index contributed by atoms with van der Waals surface area (Å²) >= 11 is 1.62. The number of hydrogen-bond donors (Lipinski definition) is 3. The maximum Gasteiger partial charge on any atom is 0.248 e. The van der Waals surface area contributed by atoms with Gasteiger partial charge in [0.15, 0.2) is 0 Å². The molecule has 0 radical (unpaired) electrons. The summed E-state index contributed by atoms with van der Waals surface area (Å²) in [7, 11) is 0. The van der Waals surface area contributed by atoms with Crippen LogP contribution in [0, 0.1) is 12.7 Å². The number of thioether (sulfide) groups is 1. The highest BCUT2D eigenvalue weighted by Crippen LogP contribution is 2.21. The first-order valence-corrected chi connectivity index (χ1v) is 6.86. The molecule has 1 unspecified atom stereocenters. The molecule has 102 valence electrons. The molecule has 2 rings (SSSR count). The van der Waals surface area contributed by atoms with E-state index in [2.05, 4.69) is 10.6 Å². The van der Waals surface area contributed by atoms with Crippen molar-refractivity contribution < 1.29 is 14.0 Å². The van der Waals surface area contributed by atoms with Gasteiger partial charge in [0.05, 0.1) is 6.04 Å². The van der Waals surface area contributed by atoms with Gasteiger partial charge < -0.3 is 11.1 Å². The van der Waals surface area contributed by atoms with Crippen LogP contribution in [0.15, 0.2) is 12.1 Å². The number of primary amides is 1. The van der Waals surface area contributed by atoms with Gasteiger partial charge in [-0.2, -0.15) is 0 Å². The Kier molecular flexibility index (Phi) is 4.06. The van der Waals surface area contributed by atoms with Crippen molar-refractivity contribution in [3.8, 4) is 0 Å². The maximum absolute atomic E-state index is 13.6. The molecule has 0 spiro atoms. The quantitative estimate of drug-likeness (QED) is 0.767. The van der Waals surface area contributed by atoms with Crippen LogP contribution in [0.2, 0.25) is 0 Å². The van der Waals surface area contributed by atoms with Crippen LogP contribution in [-0.4, -0.2) is 29.5 Å². The monoisotopic (exact) mass is 283 g/mol. The lowest BCUT2D eigenvalue weighted by Crippen LogP contribution is -2.37. The smallest absolute Gasteiger partial charge is 0.248 e. The van der Waals surface area contributed by atoms with E-state index >= 15 is 0 Å². The van der Waals surface area contributed by atoms with Crippen molar-refractivity contribution in [2.24, 2.45) is 5.73 Å². The van der Waals surface area contributed by atoms with Crippen LogP contribution < -0.4 is 16.4 Å². The number of nitrogens with one attached hydrogen (secondary N) is 2. The average molecular weight is 283 g/mol. The predicted octanol–water partition coefficient (Wildman–Crippen LogP) is 0.834. The van der Waals surface area contributed by atoms with Crippen molar-refractivity contribution in [3.05, 3.63) is 29.1 Å². The molecular weight excluding hydrogens is 269 g/mol. The third kappa shape index (κ3) is 3.05. The largest absolute Gasteiger partial charge is 0.366 e. The Morgan fingerprint density at radius 1 is 1.53 bits per heavy atom. The van der Waals surface area contributed by atoms with E-state index < -0.39 is 11.7 Å². The number of amides is 2. The summed E-state index contributed by atoms with van der Waals surface area (Å²) in [5, 5.41) is 5.64. The lowest BCUT2D eigenvalue weighted by molar-refractivity contribution is -0.117. The third-order valence-electron chi connectivity index (χ3n) is 2.92. The fourth-order valence-corrected chi connectivity index (χ4v) is 2.68. The van der Waals surface area contributed by atoms with Gasteiger partial charge in [-0.15, -0.1) is 11.8 Å². The minimum absolute atomic E-state index is 0.0344. The molecule has 1 fully saturated rings. The fraction of sp³-hybridized carbons (Fsp3) is 0.333. The first-order valence-electron chi connectivity index (χ1n) is 5.71. The molecule has 1 heterocycles. The second-order valence-corrected chi connectivity index (χ2v) is 5.29. The molecule has 1 aliphatic heterocycles. The summed E-state index contributed by atoms with van der Waals surface area (Å²) in [6.45, 7) is 1.53. The zero-order valence-corrected chi connectivity index (χ0v) is 11.1. The van der Waals surface area contributed by atoms with Crippen LogP contribution in [0.25, 0.3) is 0 Å². The Labute approximate surface area is 114 Å². The van der Waals surface area contributed by atoms with Crippen molar-refractivity contribution in [3.63, 3.8) is 0 Å². The number of rotatable bonds is 3. The van der Waals surface area contributed by atoms with Gasteiger partial charge in [-0.3, -0.25) is 14.9 Å². The molecule has 2 amide bonds. The molecule has 1 atom stereocenters. The second kappa shape index (κ2) is 5.58. The molecule has 0 aliphatic carbocycles. The van der Waals surface area contributed by atoms with Gasteiger partial charge in [0.2, 0.25) is 11.8 Å². The Morgan fingerprint density at radius 3 is 2.84 bits per heavy atom. The minimum atomic E-state index is -0.732. The Bertz CT molecular complexity index is 530. The summed E-state index contributed by atoms with van der Waals surface area (Å²) in [5.41, 5.74) is 5.71. The molecule has 19 heavy (non-hydrogen) atoms. The van der Waals surface area contributed by atoms with Crippen molar-refractivity contribution >= 4 is 29.3 Å². The molecule has 0 saturated carbocycles. The van der Waals surface area contributed by atoms with Crippen LogP contribution in [0.1, 0.15) is 15.9 Å². The van der Waals surface area contributed by atoms with Gasteiger partial charge in [0.1, 0.15) is 5.82 Å². The first kappa shape index (κ1) is 13.8. The molecule has 1 aromatic rings. The highest BCUT2D eigenvalue weighted by atomic mass is 32.2. The fourth-order valence-electron chi connectivity index (χ4n) is 1.73. The van der Waals surface area contributed by atoms with Crippen LogP contribution >= 0.6 is 11.8 Å². The SMILES string of the molecule is Cc1c(F)cc(C(N)=O)cc1NC(=O)C1CSCN1. The number of hydrogen-bond acceptors (Lipinski definition) is 4. The molecule has 1 saturated heterocycles. The molecule has 0 bridgehead atoms. The standard InChI is InChI=1S/C12H14FN3O2S/c1-6-8(13)2-7(11(14)17)3-9(6)16-12(18)10-4-19-5-15-10/h2-3,10,15H,4-5H2,1H3,(H2,14,17)(H,16,18). The van der Waals surface area contributed by atoms with E-state index in [1.54, 1.807) is 11.8 Å². The van der Waals surface area contributed by atoms with E-state index in [9.17, 15) is 14.0 Å². The third-order valence-corrected chi connectivity index (χ3v) is 3.86. The molecule has 1 aromatic carbocycles. The van der Waals surface area contributed by atoms with Gasteiger partial charge in [-0.05, 0) is 19.1 Å². The second-order valence-electron chi connectivity index (χ2n) is 4.26. The van der Waals surface area contributed by atoms with Gasteiger partial charge in [0.25, 0.3) is 0 Å². The van der Waals surface area contributed by atoms with Crippen molar-refractivity contribution in [2.75, 3.05) is 16.9 Å². The highest BCUT2D eigenvalue weighted by Gasteiger charge is 2.23. The number of carbonyl (C=O) groups is 2. The van der Waals surface area contributed by atoms with Crippen LogP contribution in [-0.2, 0) is 4.79 Å². The summed E-state index contributed by atoms with van der Waals surface area (Å²) < 4.78 is 13.6. The van der Waals surface area contributed by atoms with Gasteiger partial charge in [0, 0.05) is 28.4 Å².